The van der Waals surface area contributed by atoms with Crippen LogP contribution < -0.4 is 10.6 Å². The minimum absolute atomic E-state index is 0.246. The van der Waals surface area contributed by atoms with Crippen LogP contribution in [0.3, 0.4) is 0 Å². The Hall–Kier alpha value is -4.88. The Bertz CT molecular complexity index is 2310. The summed E-state index contributed by atoms with van der Waals surface area (Å²) in [6.45, 7) is 4.58. The third kappa shape index (κ3) is 8.73. The van der Waals surface area contributed by atoms with E-state index in [4.69, 9.17) is 23.2 Å². The van der Waals surface area contributed by atoms with Crippen molar-refractivity contribution in [2.24, 2.45) is 5.41 Å². The first kappa shape index (κ1) is 40.9. The number of hydrogen-bond donors (Lipinski definition) is 4. The lowest BCUT2D eigenvalue weighted by Crippen LogP contribution is -2.44. The second-order valence-corrected chi connectivity index (χ2v) is 17.5. The molecule has 4 aromatic rings. The van der Waals surface area contributed by atoms with Gasteiger partial charge in [-0.3, -0.25) is 38.9 Å². The predicted molar refractivity (Wildman–Crippen MR) is 226 cm³/mol. The lowest BCUT2D eigenvalue weighted by Gasteiger charge is -2.41. The van der Waals surface area contributed by atoms with Crippen LogP contribution in [0.1, 0.15) is 114 Å². The number of aromatic nitrogens is 2. The molecule has 0 radical (unpaired) electrons. The molecule has 4 N–H and O–H groups in total. The molecule has 1 saturated heterocycles. The number of carboxylic acids is 2. The Morgan fingerprint density at radius 2 is 1.42 bits per heavy atom. The molecule has 2 aliphatic carbocycles. The van der Waals surface area contributed by atoms with E-state index in [0.717, 1.165) is 73.7 Å². The molecule has 0 spiro atoms. The number of likely N-dealkylation sites (tertiary alicyclic amines) is 1. The highest BCUT2D eigenvalue weighted by Gasteiger charge is 2.39. The molecule has 1 atom stereocenters. The largest absolute Gasteiger partial charge is 0.481 e. The van der Waals surface area contributed by atoms with Gasteiger partial charge < -0.3 is 20.8 Å². The minimum atomic E-state index is -0.805. The molecular weight excluding hydrogens is 791 g/mol. The first-order chi connectivity index (χ1) is 28.4. The molecule has 3 fully saturated rings. The van der Waals surface area contributed by atoms with Crippen LogP contribution >= 0.6 is 23.2 Å². The number of halogens is 2. The van der Waals surface area contributed by atoms with E-state index < -0.39 is 35.2 Å². The number of fused-ring (bicyclic) bond motifs is 1. The summed E-state index contributed by atoms with van der Waals surface area (Å²) in [5.74, 6) is -2.03. The predicted octanol–water partition coefficient (Wildman–Crippen LogP) is 8.66. The van der Waals surface area contributed by atoms with Crippen LogP contribution in [0, 0.1) is 5.41 Å². The molecule has 2 aliphatic heterocycles. The molecule has 0 unspecified atom stereocenters. The minimum Gasteiger partial charge on any atom is -0.481 e. The number of nitrogens with one attached hydrogen (secondary N) is 2. The molecular formula is C45H48Cl2N6O6. The van der Waals surface area contributed by atoms with Gasteiger partial charge in [-0.05, 0) is 124 Å². The Morgan fingerprint density at radius 1 is 0.797 bits per heavy atom. The summed E-state index contributed by atoms with van der Waals surface area (Å²) in [6, 6.07) is 14.0. The van der Waals surface area contributed by atoms with Crippen LogP contribution in [0.15, 0.2) is 60.9 Å². The summed E-state index contributed by atoms with van der Waals surface area (Å²) in [4.78, 5) is 64.3. The van der Waals surface area contributed by atoms with E-state index in [2.05, 4.69) is 25.5 Å². The number of aliphatic carboxylic acids is 2. The Kier molecular flexibility index (Phi) is 11.8. The number of amides is 2. The number of benzene rings is 2. The summed E-state index contributed by atoms with van der Waals surface area (Å²) in [5, 5.41) is 25.8. The maximum absolute atomic E-state index is 13.6. The topological polar surface area (TPSA) is 165 Å². The van der Waals surface area contributed by atoms with Gasteiger partial charge in [-0.15, -0.1) is 0 Å². The summed E-state index contributed by atoms with van der Waals surface area (Å²) in [6.07, 6.45) is 11.8. The number of hydrogen-bond acceptors (Lipinski definition) is 8. The number of carboxylic acid groups (broad SMARTS) is 2. The van der Waals surface area contributed by atoms with Crippen molar-refractivity contribution in [1.82, 2.24) is 19.8 Å². The summed E-state index contributed by atoms with van der Waals surface area (Å²) < 4.78 is 0. The van der Waals surface area contributed by atoms with Crippen LogP contribution in [-0.2, 0) is 29.1 Å². The number of rotatable bonds is 11. The molecule has 14 heteroatoms. The Labute approximate surface area is 353 Å². The number of carbonyl (C=O) groups is 4. The standard InChI is InChI=1S/C45H48Cl2N6O6/c1-45(44(58)59)16-13-30(14-17-45)52-19-15-27-20-36(48-22-28(27)24-52)41(54)50-34-8-4-6-31(39(34)46)32-7-5-9-35(40(32)47)51-42(55)37-21-33(26-11-12-26)29(23-49-37)25-53-18-3-2-10-38(53)43(56)57/h4-9,20-23,26,30,38H,2-3,10-19,24-25H2,1H3,(H,50,54)(H,51,55)(H,56,57)(H,58,59)/t30?,38-,45?/m0/s1. The van der Waals surface area contributed by atoms with E-state index >= 15 is 0 Å². The zero-order valence-electron chi connectivity index (χ0n) is 33.0. The van der Waals surface area contributed by atoms with Gasteiger partial charge in [0, 0.05) is 49.2 Å². The lowest BCUT2D eigenvalue weighted by atomic mass is 9.73. The first-order valence-electron chi connectivity index (χ1n) is 20.5. The SMILES string of the molecule is CC1(C(=O)O)CCC(N2CCc3cc(C(=O)Nc4cccc(-c5cccc(NC(=O)c6cc(C7CC7)c(CN7CCCC[C@H]7C(=O)O)cn6)c5Cl)c4Cl)ncc3C2)CC1. The van der Waals surface area contributed by atoms with E-state index in [0.29, 0.717) is 73.4 Å². The van der Waals surface area contributed by atoms with Gasteiger partial charge in [-0.1, -0.05) is 53.9 Å². The highest BCUT2D eigenvalue weighted by molar-refractivity contribution is 6.40. The highest BCUT2D eigenvalue weighted by Crippen LogP contribution is 2.44. The van der Waals surface area contributed by atoms with Gasteiger partial charge in [-0.25, -0.2) is 0 Å². The fourth-order valence-corrected chi connectivity index (χ4v) is 9.52. The summed E-state index contributed by atoms with van der Waals surface area (Å²) in [7, 11) is 0. The lowest BCUT2D eigenvalue weighted by molar-refractivity contribution is -0.150. The van der Waals surface area contributed by atoms with E-state index in [9.17, 15) is 29.4 Å². The monoisotopic (exact) mass is 838 g/mol. The Morgan fingerprint density at radius 3 is 2.03 bits per heavy atom. The molecule has 2 aromatic carbocycles. The van der Waals surface area contributed by atoms with E-state index in [1.807, 2.05) is 24.0 Å². The number of nitrogens with zero attached hydrogens (tertiary/aromatic N) is 4. The van der Waals surface area contributed by atoms with Crippen LogP contribution in [0.25, 0.3) is 11.1 Å². The maximum atomic E-state index is 13.6. The van der Waals surface area contributed by atoms with E-state index in [-0.39, 0.29) is 21.4 Å². The third-order valence-electron chi connectivity index (χ3n) is 12.8. The van der Waals surface area contributed by atoms with Gasteiger partial charge in [0.1, 0.15) is 17.4 Å². The molecule has 308 valence electrons. The number of pyridine rings is 2. The third-order valence-corrected chi connectivity index (χ3v) is 13.6. The number of anilines is 2. The molecule has 4 heterocycles. The zero-order valence-corrected chi connectivity index (χ0v) is 34.5. The quantitative estimate of drug-likeness (QED) is 0.115. The van der Waals surface area contributed by atoms with E-state index in [1.54, 1.807) is 48.8 Å². The maximum Gasteiger partial charge on any atom is 0.320 e. The van der Waals surface area contributed by atoms with Crippen molar-refractivity contribution >= 4 is 58.3 Å². The van der Waals surface area contributed by atoms with Crippen molar-refractivity contribution in [3.8, 4) is 11.1 Å². The summed E-state index contributed by atoms with van der Waals surface area (Å²) >= 11 is 13.9. The van der Waals surface area contributed by atoms with Crippen molar-refractivity contribution in [2.75, 3.05) is 23.7 Å². The van der Waals surface area contributed by atoms with Crippen molar-refractivity contribution < 1.29 is 29.4 Å². The van der Waals surface area contributed by atoms with Gasteiger partial charge in [0.25, 0.3) is 11.8 Å². The van der Waals surface area contributed by atoms with Gasteiger partial charge in [-0.2, -0.15) is 0 Å². The normalized spacial score (nSPS) is 22.3. The second kappa shape index (κ2) is 17.0. The molecule has 59 heavy (non-hydrogen) atoms. The average Bonchev–Trinajstić information content (AvgIpc) is 4.08. The molecule has 2 amide bonds. The molecule has 8 rings (SSSR count). The molecule has 12 nitrogen and oxygen atoms in total. The van der Waals surface area contributed by atoms with Gasteiger partial charge in [0.15, 0.2) is 0 Å². The number of carbonyl (C=O) groups excluding carboxylic acids is 2. The van der Waals surface area contributed by atoms with Gasteiger partial charge in [0.05, 0.1) is 26.8 Å². The molecule has 4 aliphatic rings. The van der Waals surface area contributed by atoms with Crippen molar-refractivity contribution in [3.05, 3.63) is 105 Å². The van der Waals surface area contributed by atoms with Crippen LogP contribution in [0.2, 0.25) is 10.0 Å². The van der Waals surface area contributed by atoms with Crippen molar-refractivity contribution in [2.45, 2.75) is 102 Å². The smallest absolute Gasteiger partial charge is 0.320 e. The fourth-order valence-electron chi connectivity index (χ4n) is 8.97. The van der Waals surface area contributed by atoms with Crippen LogP contribution in [0.4, 0.5) is 11.4 Å². The molecule has 0 bridgehead atoms. The van der Waals surface area contributed by atoms with Crippen molar-refractivity contribution in [1.29, 1.82) is 0 Å². The van der Waals surface area contributed by atoms with Crippen molar-refractivity contribution in [3.63, 3.8) is 0 Å². The fraction of sp³-hybridized carbons (Fsp3) is 0.422. The zero-order chi connectivity index (χ0) is 41.4. The first-order valence-corrected chi connectivity index (χ1v) is 21.2. The number of piperidine rings is 1. The van der Waals surface area contributed by atoms with Gasteiger partial charge >= 0.3 is 11.9 Å². The summed E-state index contributed by atoms with van der Waals surface area (Å²) in [5.41, 5.74) is 5.87. The molecule has 2 saturated carbocycles. The molecule has 2 aromatic heterocycles. The van der Waals surface area contributed by atoms with Crippen LogP contribution in [0.5, 0.6) is 0 Å². The van der Waals surface area contributed by atoms with E-state index in [1.165, 1.54) is 0 Å². The average molecular weight is 840 g/mol. The van der Waals surface area contributed by atoms with Crippen LogP contribution in [-0.4, -0.2) is 78.9 Å². The highest BCUT2D eigenvalue weighted by atomic mass is 35.5. The second-order valence-electron chi connectivity index (χ2n) is 16.8. The van der Waals surface area contributed by atoms with Gasteiger partial charge in [0.2, 0.25) is 0 Å². The Balaban J connectivity index is 0.935.